The Morgan fingerprint density at radius 2 is 2.07 bits per heavy atom. The maximum absolute atomic E-state index is 13.1. The normalized spacial score (nSPS) is 16.1. The fourth-order valence-electron chi connectivity index (χ4n) is 3.45. The smallest absolute Gasteiger partial charge is 0.274 e. The van der Waals surface area contributed by atoms with Crippen LogP contribution in [-0.4, -0.2) is 58.1 Å². The molecule has 0 aliphatic carbocycles. The highest BCUT2D eigenvalue weighted by Gasteiger charge is 2.26. The van der Waals surface area contributed by atoms with E-state index in [1.165, 1.54) is 0 Å². The highest BCUT2D eigenvalue weighted by atomic mass is 16.5. The van der Waals surface area contributed by atoms with Gasteiger partial charge in [-0.2, -0.15) is 5.10 Å². The number of carbonyl (C=O) groups excluding carboxylic acids is 1. The zero-order valence-electron chi connectivity index (χ0n) is 18.1. The highest BCUT2D eigenvalue weighted by Crippen LogP contribution is 2.22. The first-order chi connectivity index (χ1) is 14.5. The summed E-state index contributed by atoms with van der Waals surface area (Å²) in [5.74, 6) is -0.0621. The molecule has 2 aromatic heterocycles. The molecule has 0 atom stereocenters. The summed E-state index contributed by atoms with van der Waals surface area (Å²) in [6, 6.07) is 5.75. The third kappa shape index (κ3) is 5.30. The van der Waals surface area contributed by atoms with Gasteiger partial charge in [-0.25, -0.2) is 4.68 Å². The van der Waals surface area contributed by atoms with Gasteiger partial charge in [0.25, 0.3) is 5.91 Å². The number of methoxy groups -OCH3 is 1. The lowest BCUT2D eigenvalue weighted by atomic mass is 10.1. The van der Waals surface area contributed by atoms with Gasteiger partial charge in [-0.1, -0.05) is 0 Å². The van der Waals surface area contributed by atoms with Gasteiger partial charge in [0.15, 0.2) is 5.69 Å². The van der Waals surface area contributed by atoms with E-state index >= 15 is 0 Å². The van der Waals surface area contributed by atoms with Crippen LogP contribution in [0.4, 0.5) is 0 Å². The lowest BCUT2D eigenvalue weighted by Gasteiger charge is -2.30. The maximum Gasteiger partial charge on any atom is 0.274 e. The molecule has 1 saturated heterocycles. The predicted molar refractivity (Wildman–Crippen MR) is 119 cm³/mol. The zero-order chi connectivity index (χ0) is 21.5. The molecule has 7 heteroatoms. The quantitative estimate of drug-likeness (QED) is 0.536. The average molecular weight is 408 g/mol. The number of piperidine rings is 1. The van der Waals surface area contributed by atoms with Gasteiger partial charge in [0.05, 0.1) is 17.5 Å². The summed E-state index contributed by atoms with van der Waals surface area (Å²) in [6.45, 7) is 7.17. The number of likely N-dealkylation sites (tertiary alicyclic amines) is 1. The molecule has 3 rings (SSSR count). The van der Waals surface area contributed by atoms with E-state index in [2.05, 4.69) is 15.1 Å². The van der Waals surface area contributed by atoms with Gasteiger partial charge in [-0.3, -0.25) is 14.8 Å². The second kappa shape index (κ2) is 10.1. The Labute approximate surface area is 177 Å². The van der Waals surface area contributed by atoms with E-state index in [0.717, 1.165) is 35.5 Å². The summed E-state index contributed by atoms with van der Waals surface area (Å²) in [6.07, 6.45) is 11.0. The highest BCUT2D eigenvalue weighted by molar-refractivity contribution is 5.93. The number of nitrogens with zero attached hydrogens (tertiary/aromatic N) is 5. The predicted octanol–water partition coefficient (Wildman–Crippen LogP) is 3.97. The van der Waals surface area contributed by atoms with Crippen molar-refractivity contribution < 1.29 is 9.53 Å². The number of pyridine rings is 1. The van der Waals surface area contributed by atoms with Crippen molar-refractivity contribution in [2.75, 3.05) is 20.2 Å². The van der Waals surface area contributed by atoms with Crippen molar-refractivity contribution in [1.82, 2.24) is 19.7 Å². The number of rotatable bonds is 6. The van der Waals surface area contributed by atoms with Gasteiger partial charge in [0, 0.05) is 44.5 Å². The molecule has 7 nitrogen and oxygen atoms in total. The minimum absolute atomic E-state index is 0.0621. The molecule has 0 bridgehead atoms. The number of carbonyl (C=O) groups is 1. The van der Waals surface area contributed by atoms with Crippen LogP contribution in [0.15, 0.2) is 47.2 Å². The summed E-state index contributed by atoms with van der Waals surface area (Å²) in [5, 5.41) is 4.57. The van der Waals surface area contributed by atoms with Crippen molar-refractivity contribution in [1.29, 1.82) is 0 Å². The van der Waals surface area contributed by atoms with Crippen LogP contribution >= 0.6 is 0 Å². The Morgan fingerprint density at radius 3 is 2.73 bits per heavy atom. The molecule has 1 aliphatic rings. The third-order valence-corrected chi connectivity index (χ3v) is 5.09. The van der Waals surface area contributed by atoms with Gasteiger partial charge in [0.2, 0.25) is 0 Å². The van der Waals surface area contributed by atoms with E-state index in [1.807, 2.05) is 62.2 Å². The summed E-state index contributed by atoms with van der Waals surface area (Å²) in [4.78, 5) is 23.6. The second-order valence-corrected chi connectivity index (χ2v) is 7.34. The summed E-state index contributed by atoms with van der Waals surface area (Å²) >= 11 is 0. The van der Waals surface area contributed by atoms with E-state index in [4.69, 9.17) is 4.74 Å². The lowest BCUT2D eigenvalue weighted by Crippen LogP contribution is -2.40. The van der Waals surface area contributed by atoms with Crippen molar-refractivity contribution in [2.45, 2.75) is 39.7 Å². The summed E-state index contributed by atoms with van der Waals surface area (Å²) in [7, 11) is 1.72. The number of amides is 1. The van der Waals surface area contributed by atoms with E-state index in [0.29, 0.717) is 18.8 Å². The monoisotopic (exact) mass is 407 g/mol. The van der Waals surface area contributed by atoms with E-state index in [9.17, 15) is 4.79 Å². The number of ether oxygens (including phenoxy) is 1. The minimum atomic E-state index is -0.0621. The molecular formula is C23H29N5O2. The van der Waals surface area contributed by atoms with Crippen LogP contribution in [0.5, 0.6) is 0 Å². The number of aliphatic imine (C=N–C) groups is 1. The van der Waals surface area contributed by atoms with Crippen molar-refractivity contribution in [3.63, 3.8) is 0 Å². The Balaban J connectivity index is 1.91. The largest absolute Gasteiger partial charge is 0.381 e. The molecule has 0 saturated carbocycles. The maximum atomic E-state index is 13.1. The lowest BCUT2D eigenvalue weighted by molar-refractivity contribution is 0.0347. The number of aryl methyl sites for hydroxylation is 1. The molecule has 0 unspecified atom stereocenters. The van der Waals surface area contributed by atoms with Crippen LogP contribution < -0.4 is 0 Å². The molecule has 30 heavy (non-hydrogen) atoms. The Hall–Kier alpha value is -3.06. The molecule has 0 spiro atoms. The SMILES string of the molecule is C\C=N/C(C)=C\C=C\n1nc(C(=O)N2CCC(OC)CC2)cc1-c1cc(C)ccn1. The summed E-state index contributed by atoms with van der Waals surface area (Å²) < 4.78 is 7.11. The molecule has 3 heterocycles. The minimum Gasteiger partial charge on any atom is -0.381 e. The molecule has 1 fully saturated rings. The van der Waals surface area contributed by atoms with E-state index < -0.39 is 0 Å². The van der Waals surface area contributed by atoms with Gasteiger partial charge in [-0.15, -0.1) is 0 Å². The number of hydrogen-bond acceptors (Lipinski definition) is 5. The van der Waals surface area contributed by atoms with E-state index in [1.54, 1.807) is 24.2 Å². The van der Waals surface area contributed by atoms with Crippen molar-refractivity contribution in [2.24, 2.45) is 4.99 Å². The third-order valence-electron chi connectivity index (χ3n) is 5.09. The van der Waals surface area contributed by atoms with Crippen LogP contribution in [0.2, 0.25) is 0 Å². The fraction of sp³-hybridized carbons (Fsp3) is 0.391. The van der Waals surface area contributed by atoms with Crippen molar-refractivity contribution in [3.8, 4) is 11.4 Å². The molecule has 158 valence electrons. The van der Waals surface area contributed by atoms with Crippen molar-refractivity contribution >= 4 is 18.3 Å². The molecule has 1 amide bonds. The topological polar surface area (TPSA) is 72.6 Å². The molecule has 0 N–H and O–H groups in total. The molecule has 2 aromatic rings. The summed E-state index contributed by atoms with van der Waals surface area (Å²) in [5.41, 5.74) is 3.94. The fourth-order valence-corrected chi connectivity index (χ4v) is 3.45. The van der Waals surface area contributed by atoms with Crippen LogP contribution in [0.3, 0.4) is 0 Å². The molecular weight excluding hydrogens is 378 g/mol. The number of allylic oxidation sites excluding steroid dienone is 3. The zero-order valence-corrected chi connectivity index (χ0v) is 18.1. The Morgan fingerprint density at radius 1 is 1.30 bits per heavy atom. The van der Waals surface area contributed by atoms with Crippen LogP contribution in [0.25, 0.3) is 17.6 Å². The van der Waals surface area contributed by atoms with Crippen LogP contribution in [0, 0.1) is 6.92 Å². The van der Waals surface area contributed by atoms with Crippen LogP contribution in [0.1, 0.15) is 42.7 Å². The Kier molecular flexibility index (Phi) is 7.30. The first-order valence-corrected chi connectivity index (χ1v) is 10.2. The first-order valence-electron chi connectivity index (χ1n) is 10.2. The number of aromatic nitrogens is 3. The second-order valence-electron chi connectivity index (χ2n) is 7.34. The number of hydrogen-bond donors (Lipinski definition) is 0. The van der Waals surface area contributed by atoms with Gasteiger partial charge in [-0.05, 0) is 69.5 Å². The van der Waals surface area contributed by atoms with Gasteiger partial charge in [0.1, 0.15) is 0 Å². The molecule has 1 aliphatic heterocycles. The average Bonchev–Trinajstić information content (AvgIpc) is 3.17. The molecule has 0 aromatic carbocycles. The van der Waals surface area contributed by atoms with Crippen LogP contribution in [-0.2, 0) is 4.74 Å². The van der Waals surface area contributed by atoms with Crippen molar-refractivity contribution in [3.05, 3.63) is 53.5 Å². The molecule has 0 radical (unpaired) electrons. The Bertz CT molecular complexity index is 966. The van der Waals surface area contributed by atoms with Gasteiger partial charge >= 0.3 is 0 Å². The first kappa shape index (κ1) is 21.6. The standard InChI is InChI=1S/C23H29N5O2/c1-5-24-18(3)7-6-12-28-22(20-15-17(2)8-11-25-20)16-21(26-28)23(29)27-13-9-19(30-4)10-14-27/h5-8,11-12,15-16,19H,9-10,13-14H2,1-4H3/b12-6+,18-7-,24-5-. The van der Waals surface area contributed by atoms with E-state index in [-0.39, 0.29) is 12.0 Å². The van der Waals surface area contributed by atoms with Gasteiger partial charge < -0.3 is 9.64 Å².